The normalized spacial score (nSPS) is 22.0. The highest BCUT2D eigenvalue weighted by molar-refractivity contribution is 7.09. The molecule has 4 heterocycles. The smallest absolute Gasteiger partial charge is 0.275 e. The molecule has 194 valence electrons. The predicted molar refractivity (Wildman–Crippen MR) is 141 cm³/mol. The van der Waals surface area contributed by atoms with Gasteiger partial charge in [0, 0.05) is 70.8 Å². The van der Waals surface area contributed by atoms with Crippen molar-refractivity contribution in [3.63, 3.8) is 0 Å². The van der Waals surface area contributed by atoms with Crippen molar-refractivity contribution in [2.24, 2.45) is 0 Å². The zero-order chi connectivity index (χ0) is 24.9. The first-order valence-corrected chi connectivity index (χ1v) is 13.6. The van der Waals surface area contributed by atoms with E-state index in [1.165, 1.54) is 11.3 Å². The van der Waals surface area contributed by atoms with Crippen molar-refractivity contribution in [3.8, 4) is 0 Å². The van der Waals surface area contributed by atoms with Crippen LogP contribution in [-0.2, 0) is 9.53 Å². The number of anilines is 2. The number of para-hydroxylation sites is 2. The Morgan fingerprint density at radius 3 is 2.64 bits per heavy atom. The van der Waals surface area contributed by atoms with Crippen LogP contribution in [-0.4, -0.2) is 117 Å². The van der Waals surface area contributed by atoms with Crippen LogP contribution in [0.3, 0.4) is 0 Å². The Hall–Kier alpha value is -2.57. The Bertz CT molecular complexity index is 1040. The number of ether oxygens (including phenoxy) is 1. The number of piperazine rings is 2. The SMILES string of the molecule is CN1CCN(CC(=O)N2CCN(c3ccccc3NC(=O)c3csc(C4CNCCO4)n3)CC2)CC1. The van der Waals surface area contributed by atoms with E-state index in [4.69, 9.17) is 4.74 Å². The van der Waals surface area contributed by atoms with Gasteiger partial charge in [-0.2, -0.15) is 0 Å². The Morgan fingerprint density at radius 2 is 1.89 bits per heavy atom. The van der Waals surface area contributed by atoms with E-state index < -0.39 is 0 Å². The molecule has 1 atom stereocenters. The highest BCUT2D eigenvalue weighted by atomic mass is 32.1. The lowest BCUT2D eigenvalue weighted by molar-refractivity contribution is -0.133. The molecule has 2 aromatic rings. The Labute approximate surface area is 216 Å². The van der Waals surface area contributed by atoms with Crippen LogP contribution in [0.4, 0.5) is 11.4 Å². The van der Waals surface area contributed by atoms with Crippen molar-refractivity contribution in [2.75, 3.05) is 95.9 Å². The number of carbonyl (C=O) groups excluding carboxylic acids is 2. The maximum atomic E-state index is 13.0. The van der Waals surface area contributed by atoms with Gasteiger partial charge in [0.2, 0.25) is 5.91 Å². The third-order valence-electron chi connectivity index (χ3n) is 7.04. The molecule has 0 radical (unpaired) electrons. The van der Waals surface area contributed by atoms with E-state index in [0.29, 0.717) is 38.5 Å². The molecule has 3 fully saturated rings. The summed E-state index contributed by atoms with van der Waals surface area (Å²) in [5.74, 6) is -0.0213. The van der Waals surface area contributed by atoms with Gasteiger partial charge in [-0.3, -0.25) is 14.5 Å². The summed E-state index contributed by atoms with van der Waals surface area (Å²) in [7, 11) is 2.12. The highest BCUT2D eigenvalue weighted by Gasteiger charge is 2.26. The summed E-state index contributed by atoms with van der Waals surface area (Å²) in [5, 5.41) is 8.95. The molecule has 11 heteroatoms. The molecule has 0 bridgehead atoms. The van der Waals surface area contributed by atoms with Crippen molar-refractivity contribution in [3.05, 3.63) is 40.3 Å². The molecule has 2 N–H and O–H groups in total. The van der Waals surface area contributed by atoms with Crippen molar-refractivity contribution in [2.45, 2.75) is 6.10 Å². The molecule has 0 saturated carbocycles. The van der Waals surface area contributed by atoms with Crippen LogP contribution < -0.4 is 15.5 Å². The first-order valence-electron chi connectivity index (χ1n) is 12.7. The summed E-state index contributed by atoms with van der Waals surface area (Å²) in [6.07, 6.45) is -0.104. The molecule has 0 spiro atoms. The zero-order valence-corrected chi connectivity index (χ0v) is 21.6. The van der Waals surface area contributed by atoms with E-state index in [1.807, 2.05) is 29.2 Å². The van der Waals surface area contributed by atoms with Crippen LogP contribution in [0.2, 0.25) is 0 Å². The van der Waals surface area contributed by atoms with Gasteiger partial charge in [-0.05, 0) is 19.2 Å². The summed E-state index contributed by atoms with van der Waals surface area (Å²) in [4.78, 5) is 39.1. The summed E-state index contributed by atoms with van der Waals surface area (Å²) >= 11 is 1.45. The summed E-state index contributed by atoms with van der Waals surface area (Å²) in [6, 6.07) is 7.83. The first-order chi connectivity index (χ1) is 17.6. The number of benzene rings is 1. The number of thiazole rings is 1. The number of amides is 2. The van der Waals surface area contributed by atoms with Crippen molar-refractivity contribution in [1.82, 2.24) is 25.0 Å². The monoisotopic (exact) mass is 513 g/mol. The van der Waals surface area contributed by atoms with E-state index >= 15 is 0 Å². The number of likely N-dealkylation sites (N-methyl/N-ethyl adjacent to an activating group) is 1. The minimum absolute atomic E-state index is 0.104. The minimum Gasteiger partial charge on any atom is -0.368 e. The van der Waals surface area contributed by atoms with Gasteiger partial charge in [-0.15, -0.1) is 11.3 Å². The van der Waals surface area contributed by atoms with Gasteiger partial charge in [-0.25, -0.2) is 4.98 Å². The lowest BCUT2D eigenvalue weighted by Gasteiger charge is -2.38. The van der Waals surface area contributed by atoms with E-state index in [0.717, 1.165) is 62.2 Å². The maximum absolute atomic E-state index is 13.0. The maximum Gasteiger partial charge on any atom is 0.275 e. The predicted octanol–water partition coefficient (Wildman–Crippen LogP) is 0.952. The fourth-order valence-corrected chi connectivity index (χ4v) is 5.65. The van der Waals surface area contributed by atoms with Crippen molar-refractivity contribution >= 4 is 34.5 Å². The second-order valence-corrected chi connectivity index (χ2v) is 10.4. The summed E-state index contributed by atoms with van der Waals surface area (Å²) < 4.78 is 5.76. The van der Waals surface area contributed by atoms with E-state index in [-0.39, 0.29) is 17.9 Å². The average Bonchev–Trinajstić information content (AvgIpc) is 3.42. The molecule has 0 aliphatic carbocycles. The van der Waals surface area contributed by atoms with Gasteiger partial charge in [-0.1, -0.05) is 12.1 Å². The molecule has 3 aliphatic heterocycles. The number of hydrogen-bond donors (Lipinski definition) is 2. The lowest BCUT2D eigenvalue weighted by atomic mass is 10.2. The van der Waals surface area contributed by atoms with Crippen LogP contribution >= 0.6 is 11.3 Å². The number of rotatable bonds is 6. The van der Waals surface area contributed by atoms with Crippen LogP contribution in [0.1, 0.15) is 21.6 Å². The minimum atomic E-state index is -0.227. The Balaban J connectivity index is 1.16. The van der Waals surface area contributed by atoms with Crippen molar-refractivity contribution in [1.29, 1.82) is 0 Å². The Morgan fingerprint density at radius 1 is 1.11 bits per heavy atom. The summed E-state index contributed by atoms with van der Waals surface area (Å²) in [6.45, 7) is 9.43. The average molecular weight is 514 g/mol. The molecule has 3 saturated heterocycles. The number of carbonyl (C=O) groups is 2. The van der Waals surface area contributed by atoms with Gasteiger partial charge in [0.05, 0.1) is 24.5 Å². The molecule has 1 aromatic carbocycles. The summed E-state index contributed by atoms with van der Waals surface area (Å²) in [5.41, 5.74) is 2.12. The topological polar surface area (TPSA) is 93.3 Å². The van der Waals surface area contributed by atoms with E-state index in [1.54, 1.807) is 5.38 Å². The fourth-order valence-electron chi connectivity index (χ4n) is 4.80. The van der Waals surface area contributed by atoms with Gasteiger partial charge in [0.25, 0.3) is 5.91 Å². The Kier molecular flexibility index (Phi) is 8.12. The standard InChI is InChI=1S/C25H35N7O3S/c1-29-7-9-30(10-8-29)17-23(33)32-13-11-31(12-14-32)21-5-3-2-4-19(21)27-24(34)20-18-36-25(28-20)22-16-26-6-15-35-22/h2-5,18,22,26H,6-17H2,1H3,(H,27,34). The second-order valence-electron chi connectivity index (χ2n) is 9.55. The lowest BCUT2D eigenvalue weighted by Crippen LogP contribution is -2.53. The molecule has 1 aromatic heterocycles. The quantitative estimate of drug-likeness (QED) is 0.590. The zero-order valence-electron chi connectivity index (χ0n) is 20.8. The third-order valence-corrected chi connectivity index (χ3v) is 7.97. The molecule has 36 heavy (non-hydrogen) atoms. The first kappa shape index (κ1) is 25.1. The number of hydrogen-bond acceptors (Lipinski definition) is 9. The number of aromatic nitrogens is 1. The molecule has 3 aliphatic rings. The van der Waals surface area contributed by atoms with E-state index in [9.17, 15) is 9.59 Å². The molecular weight excluding hydrogens is 478 g/mol. The number of nitrogens with one attached hydrogen (secondary N) is 2. The molecule has 2 amide bonds. The third kappa shape index (κ3) is 6.04. The van der Waals surface area contributed by atoms with Crippen LogP contribution in [0.25, 0.3) is 0 Å². The van der Waals surface area contributed by atoms with Gasteiger partial charge < -0.3 is 30.1 Å². The number of nitrogens with zero attached hydrogens (tertiary/aromatic N) is 5. The molecule has 10 nitrogen and oxygen atoms in total. The number of morpholine rings is 1. The van der Waals surface area contributed by atoms with Crippen LogP contribution in [0.5, 0.6) is 0 Å². The highest BCUT2D eigenvalue weighted by Crippen LogP contribution is 2.28. The van der Waals surface area contributed by atoms with Gasteiger partial charge >= 0.3 is 0 Å². The van der Waals surface area contributed by atoms with Gasteiger partial charge in [0.15, 0.2) is 0 Å². The molecular formula is C25H35N7O3S. The fraction of sp³-hybridized carbons (Fsp3) is 0.560. The van der Waals surface area contributed by atoms with E-state index in [2.05, 4.69) is 37.4 Å². The van der Waals surface area contributed by atoms with Gasteiger partial charge in [0.1, 0.15) is 16.8 Å². The van der Waals surface area contributed by atoms with Crippen molar-refractivity contribution < 1.29 is 14.3 Å². The second kappa shape index (κ2) is 11.7. The molecule has 1 unspecified atom stereocenters. The van der Waals surface area contributed by atoms with Crippen LogP contribution in [0.15, 0.2) is 29.6 Å². The molecule has 5 rings (SSSR count). The largest absolute Gasteiger partial charge is 0.368 e. The van der Waals surface area contributed by atoms with Crippen LogP contribution in [0, 0.1) is 0 Å².